The molecule has 0 aliphatic carbocycles. The number of anilines is 1. The molecule has 0 aliphatic heterocycles. The average molecular weight is 372 g/mol. The quantitative estimate of drug-likeness (QED) is 0.508. The third-order valence-electron chi connectivity index (χ3n) is 3.74. The van der Waals surface area contributed by atoms with Gasteiger partial charge in [0.2, 0.25) is 5.89 Å². The van der Waals surface area contributed by atoms with Crippen molar-refractivity contribution in [3.8, 4) is 22.7 Å². The van der Waals surface area contributed by atoms with Gasteiger partial charge in [-0.15, -0.1) is 0 Å². The average Bonchev–Trinajstić information content (AvgIpc) is 2.61. The summed E-state index contributed by atoms with van der Waals surface area (Å²) >= 11 is 5.82. The maximum absolute atomic E-state index is 11.9. The van der Waals surface area contributed by atoms with Crippen molar-refractivity contribution in [1.29, 1.82) is 0 Å². The minimum Gasteiger partial charge on any atom is -0.404 e. The summed E-state index contributed by atoms with van der Waals surface area (Å²) in [6.45, 7) is 0. The van der Waals surface area contributed by atoms with Crippen LogP contribution in [0.25, 0.3) is 22.7 Å². The Morgan fingerprint density at radius 3 is 2.35 bits per heavy atom. The van der Waals surface area contributed by atoms with Crippen molar-refractivity contribution >= 4 is 23.0 Å². The third kappa shape index (κ3) is 3.57. The molecule has 0 spiro atoms. The van der Waals surface area contributed by atoms with Crippen molar-refractivity contribution in [3.05, 3.63) is 74.1 Å². The highest BCUT2D eigenvalue weighted by Crippen LogP contribution is 2.30. The maximum atomic E-state index is 11.9. The van der Waals surface area contributed by atoms with Crippen molar-refractivity contribution in [2.45, 2.75) is 0 Å². The number of nitrogens with zero attached hydrogens (tertiary/aromatic N) is 3. The Morgan fingerprint density at radius 1 is 1.08 bits per heavy atom. The highest BCUT2D eigenvalue weighted by atomic mass is 35.5. The molecule has 1 heterocycles. The first-order valence-electron chi connectivity index (χ1n) is 7.59. The summed E-state index contributed by atoms with van der Waals surface area (Å²) in [6, 6.07) is 12.9. The Kier molecular flexibility index (Phi) is 4.73. The SMILES string of the molecule is CN(C)c1ccc(-c2cc(=O)oc(-c3ccc(Cl)c([N+](=O)[O-])c3)n2)cc1. The molecule has 0 bridgehead atoms. The van der Waals surface area contributed by atoms with Crippen molar-refractivity contribution in [1.82, 2.24) is 4.98 Å². The number of nitro benzene ring substituents is 1. The molecule has 0 unspecified atom stereocenters. The minimum absolute atomic E-state index is 0.00322. The van der Waals surface area contributed by atoms with Crippen LogP contribution in [0.2, 0.25) is 5.02 Å². The highest BCUT2D eigenvalue weighted by Gasteiger charge is 2.16. The van der Waals surface area contributed by atoms with E-state index in [2.05, 4.69) is 4.98 Å². The van der Waals surface area contributed by atoms with E-state index in [1.807, 2.05) is 43.3 Å². The zero-order valence-corrected chi connectivity index (χ0v) is 14.7. The zero-order chi connectivity index (χ0) is 18.8. The van der Waals surface area contributed by atoms with Crippen LogP contribution in [-0.2, 0) is 0 Å². The third-order valence-corrected chi connectivity index (χ3v) is 4.06. The molecule has 0 fully saturated rings. The van der Waals surface area contributed by atoms with E-state index in [4.69, 9.17) is 16.0 Å². The largest absolute Gasteiger partial charge is 0.404 e. The molecule has 0 N–H and O–H groups in total. The van der Waals surface area contributed by atoms with Crippen LogP contribution in [0.5, 0.6) is 0 Å². The predicted molar refractivity (Wildman–Crippen MR) is 99.6 cm³/mol. The summed E-state index contributed by atoms with van der Waals surface area (Å²) in [7, 11) is 3.85. The van der Waals surface area contributed by atoms with Crippen LogP contribution in [0, 0.1) is 10.1 Å². The second-order valence-electron chi connectivity index (χ2n) is 5.73. The number of hydrogen-bond acceptors (Lipinski definition) is 6. The fourth-order valence-corrected chi connectivity index (χ4v) is 2.57. The Labute approximate surface area is 153 Å². The Balaban J connectivity index is 2.07. The van der Waals surface area contributed by atoms with Gasteiger partial charge in [0, 0.05) is 37.0 Å². The number of halogens is 1. The van der Waals surface area contributed by atoms with Gasteiger partial charge < -0.3 is 9.32 Å². The van der Waals surface area contributed by atoms with E-state index < -0.39 is 10.5 Å². The molecule has 0 aliphatic rings. The smallest absolute Gasteiger partial charge is 0.339 e. The summed E-state index contributed by atoms with van der Waals surface area (Å²) < 4.78 is 5.12. The van der Waals surface area contributed by atoms with Gasteiger partial charge in [0.05, 0.1) is 16.7 Å². The topological polar surface area (TPSA) is 89.5 Å². The van der Waals surface area contributed by atoms with Gasteiger partial charge in [-0.2, -0.15) is 0 Å². The fourth-order valence-electron chi connectivity index (χ4n) is 2.39. The van der Waals surface area contributed by atoms with Gasteiger partial charge in [-0.3, -0.25) is 10.1 Å². The van der Waals surface area contributed by atoms with Crippen LogP contribution in [0.1, 0.15) is 0 Å². The standard InChI is InChI=1S/C18H14ClN3O4/c1-21(2)13-6-3-11(4-7-13)15-10-17(23)26-18(20-15)12-5-8-14(19)16(9-12)22(24)25/h3-10H,1-2H3. The van der Waals surface area contributed by atoms with E-state index in [-0.39, 0.29) is 16.6 Å². The summed E-state index contributed by atoms with van der Waals surface area (Å²) in [5, 5.41) is 11.0. The van der Waals surface area contributed by atoms with E-state index in [1.165, 1.54) is 24.3 Å². The van der Waals surface area contributed by atoms with Crippen LogP contribution in [0.4, 0.5) is 11.4 Å². The number of nitro groups is 1. The Hall–Kier alpha value is -3.19. The number of aromatic nitrogens is 1. The van der Waals surface area contributed by atoms with Crippen LogP contribution in [0.3, 0.4) is 0 Å². The van der Waals surface area contributed by atoms with Gasteiger partial charge in [-0.25, -0.2) is 9.78 Å². The second-order valence-corrected chi connectivity index (χ2v) is 6.14. The van der Waals surface area contributed by atoms with Crippen molar-refractivity contribution in [3.63, 3.8) is 0 Å². The second kappa shape index (κ2) is 6.97. The number of benzene rings is 2. The van der Waals surface area contributed by atoms with Crippen molar-refractivity contribution in [2.75, 3.05) is 19.0 Å². The molecule has 0 atom stereocenters. The van der Waals surface area contributed by atoms with Crippen LogP contribution in [-0.4, -0.2) is 24.0 Å². The minimum atomic E-state index is -0.603. The van der Waals surface area contributed by atoms with Crippen LogP contribution >= 0.6 is 11.6 Å². The predicted octanol–water partition coefficient (Wildman–Crippen LogP) is 4.00. The lowest BCUT2D eigenvalue weighted by molar-refractivity contribution is -0.384. The van der Waals surface area contributed by atoms with Crippen LogP contribution in [0.15, 0.2) is 57.7 Å². The summed E-state index contributed by atoms with van der Waals surface area (Å²) in [5.41, 5.74) is 1.57. The van der Waals surface area contributed by atoms with Gasteiger partial charge in [0.15, 0.2) is 0 Å². The van der Waals surface area contributed by atoms with Gasteiger partial charge in [0.25, 0.3) is 5.69 Å². The van der Waals surface area contributed by atoms with E-state index >= 15 is 0 Å². The fraction of sp³-hybridized carbons (Fsp3) is 0.111. The summed E-state index contributed by atoms with van der Waals surface area (Å²) in [6.07, 6.45) is 0. The van der Waals surface area contributed by atoms with Crippen molar-refractivity contribution in [2.24, 2.45) is 0 Å². The normalized spacial score (nSPS) is 10.6. The van der Waals surface area contributed by atoms with E-state index in [0.29, 0.717) is 11.3 Å². The molecule has 3 aromatic rings. The van der Waals surface area contributed by atoms with Gasteiger partial charge >= 0.3 is 5.63 Å². The van der Waals surface area contributed by atoms with Gasteiger partial charge in [-0.1, -0.05) is 23.7 Å². The summed E-state index contributed by atoms with van der Waals surface area (Å²) in [5.74, 6) is -0.0102. The lowest BCUT2D eigenvalue weighted by atomic mass is 10.1. The van der Waals surface area contributed by atoms with Gasteiger partial charge in [-0.05, 0) is 24.3 Å². The van der Waals surface area contributed by atoms with E-state index in [9.17, 15) is 14.9 Å². The van der Waals surface area contributed by atoms with Crippen LogP contribution < -0.4 is 10.5 Å². The molecule has 1 aromatic heterocycles. The lowest BCUT2D eigenvalue weighted by Crippen LogP contribution is -2.08. The van der Waals surface area contributed by atoms with Crippen molar-refractivity contribution < 1.29 is 9.34 Å². The Bertz CT molecular complexity index is 1030. The first-order valence-corrected chi connectivity index (χ1v) is 7.97. The first kappa shape index (κ1) is 17.6. The molecule has 7 nitrogen and oxygen atoms in total. The summed E-state index contributed by atoms with van der Waals surface area (Å²) in [4.78, 5) is 28.7. The van der Waals surface area contributed by atoms with Gasteiger partial charge in [0.1, 0.15) is 5.02 Å². The molecule has 0 saturated heterocycles. The maximum Gasteiger partial charge on any atom is 0.339 e. The number of rotatable bonds is 4. The molecule has 0 saturated carbocycles. The van der Waals surface area contributed by atoms with E-state index in [0.717, 1.165) is 11.3 Å². The Morgan fingerprint density at radius 2 is 1.73 bits per heavy atom. The molecule has 8 heteroatoms. The molecule has 132 valence electrons. The monoisotopic (exact) mass is 371 g/mol. The molecular formula is C18H14ClN3O4. The zero-order valence-electron chi connectivity index (χ0n) is 14.0. The van der Waals surface area contributed by atoms with E-state index in [1.54, 1.807) is 0 Å². The molecule has 0 radical (unpaired) electrons. The highest BCUT2D eigenvalue weighted by molar-refractivity contribution is 6.32. The molecular weight excluding hydrogens is 358 g/mol. The first-order chi connectivity index (χ1) is 12.3. The molecule has 2 aromatic carbocycles. The number of hydrogen-bond donors (Lipinski definition) is 0. The lowest BCUT2D eigenvalue weighted by Gasteiger charge is -2.12. The molecule has 26 heavy (non-hydrogen) atoms. The molecule has 3 rings (SSSR count). The molecule has 0 amide bonds.